The van der Waals surface area contributed by atoms with E-state index in [0.717, 1.165) is 12.1 Å². The summed E-state index contributed by atoms with van der Waals surface area (Å²) in [6.45, 7) is 1.63. The number of benzene rings is 1. The standard InChI is InChI=1S/C11H12F2N2OS/c1-6(11(14)17)15-10(16)4-7-2-3-8(12)5-9(7)13/h2-3,5-6H,4H2,1H3,(H2,14,17)(H,15,16). The lowest BCUT2D eigenvalue weighted by molar-refractivity contribution is -0.120. The molecule has 0 radical (unpaired) electrons. The Kier molecular flexibility index (Phi) is 4.51. The van der Waals surface area contributed by atoms with Gasteiger partial charge in [-0.3, -0.25) is 4.79 Å². The molecule has 0 aliphatic heterocycles. The molecule has 92 valence electrons. The van der Waals surface area contributed by atoms with E-state index in [2.05, 4.69) is 17.5 Å². The Morgan fingerprint density at radius 2 is 2.18 bits per heavy atom. The fourth-order valence-corrected chi connectivity index (χ4v) is 1.26. The second kappa shape index (κ2) is 5.67. The zero-order valence-corrected chi connectivity index (χ0v) is 9.98. The molecule has 0 aromatic heterocycles. The summed E-state index contributed by atoms with van der Waals surface area (Å²) in [7, 11) is 0. The zero-order chi connectivity index (χ0) is 13.0. The molecule has 1 atom stereocenters. The molecule has 1 amide bonds. The van der Waals surface area contributed by atoms with Crippen LogP contribution in [0.4, 0.5) is 8.78 Å². The Morgan fingerprint density at radius 3 is 2.71 bits per heavy atom. The number of carbonyl (C=O) groups is 1. The van der Waals surface area contributed by atoms with Crippen molar-refractivity contribution in [2.45, 2.75) is 19.4 Å². The van der Waals surface area contributed by atoms with Crippen LogP contribution in [-0.4, -0.2) is 16.9 Å². The monoisotopic (exact) mass is 258 g/mol. The van der Waals surface area contributed by atoms with Crippen molar-refractivity contribution in [2.24, 2.45) is 5.73 Å². The minimum Gasteiger partial charge on any atom is -0.392 e. The van der Waals surface area contributed by atoms with E-state index in [1.165, 1.54) is 6.07 Å². The molecule has 0 saturated carbocycles. The van der Waals surface area contributed by atoms with Gasteiger partial charge in [0.2, 0.25) is 5.91 Å². The highest BCUT2D eigenvalue weighted by Crippen LogP contribution is 2.10. The Hall–Kier alpha value is -1.56. The third-order valence-corrected chi connectivity index (χ3v) is 2.52. The summed E-state index contributed by atoms with van der Waals surface area (Å²) in [5.41, 5.74) is 5.44. The average molecular weight is 258 g/mol. The molecule has 6 heteroatoms. The molecule has 1 rings (SSSR count). The van der Waals surface area contributed by atoms with Gasteiger partial charge in [0.1, 0.15) is 11.6 Å². The number of halogens is 2. The van der Waals surface area contributed by atoms with E-state index >= 15 is 0 Å². The van der Waals surface area contributed by atoms with Gasteiger partial charge in [0.05, 0.1) is 17.5 Å². The summed E-state index contributed by atoms with van der Waals surface area (Å²) in [5, 5.41) is 2.50. The molecular formula is C11H12F2N2OS. The van der Waals surface area contributed by atoms with Crippen molar-refractivity contribution < 1.29 is 13.6 Å². The molecule has 3 nitrogen and oxygen atoms in total. The first-order valence-corrected chi connectivity index (χ1v) is 5.33. The highest BCUT2D eigenvalue weighted by Gasteiger charge is 2.12. The van der Waals surface area contributed by atoms with Crippen molar-refractivity contribution in [3.8, 4) is 0 Å². The molecule has 3 N–H and O–H groups in total. The molecule has 0 bridgehead atoms. The Labute approximate surface area is 103 Å². The largest absolute Gasteiger partial charge is 0.392 e. The van der Waals surface area contributed by atoms with Gasteiger partial charge in [-0.05, 0) is 18.6 Å². The van der Waals surface area contributed by atoms with E-state index in [4.69, 9.17) is 5.73 Å². The molecule has 1 aromatic rings. The van der Waals surface area contributed by atoms with E-state index in [9.17, 15) is 13.6 Å². The maximum atomic E-state index is 13.2. The highest BCUT2D eigenvalue weighted by molar-refractivity contribution is 7.80. The van der Waals surface area contributed by atoms with Crippen molar-refractivity contribution in [3.63, 3.8) is 0 Å². The summed E-state index contributed by atoms with van der Waals surface area (Å²) in [4.78, 5) is 11.6. The first-order chi connectivity index (χ1) is 7.90. The third-order valence-electron chi connectivity index (χ3n) is 2.17. The number of thiocarbonyl (C=S) groups is 1. The van der Waals surface area contributed by atoms with Crippen LogP contribution < -0.4 is 11.1 Å². The average Bonchev–Trinajstić information content (AvgIpc) is 2.22. The number of amides is 1. The summed E-state index contributed by atoms with van der Waals surface area (Å²) in [6.07, 6.45) is -0.181. The topological polar surface area (TPSA) is 55.1 Å². The van der Waals surface area contributed by atoms with Gasteiger partial charge < -0.3 is 11.1 Å². The Balaban J connectivity index is 2.65. The highest BCUT2D eigenvalue weighted by atomic mass is 32.1. The molecule has 0 heterocycles. The van der Waals surface area contributed by atoms with Gasteiger partial charge in [0.15, 0.2) is 0 Å². The summed E-state index contributed by atoms with van der Waals surface area (Å²) >= 11 is 4.68. The number of nitrogens with two attached hydrogens (primary N) is 1. The Morgan fingerprint density at radius 1 is 1.53 bits per heavy atom. The van der Waals surface area contributed by atoms with Crippen LogP contribution in [0, 0.1) is 11.6 Å². The fourth-order valence-electron chi connectivity index (χ4n) is 1.20. The first-order valence-electron chi connectivity index (χ1n) is 4.92. The van der Waals surface area contributed by atoms with E-state index in [0.29, 0.717) is 0 Å². The molecule has 0 spiro atoms. The Bertz CT molecular complexity index is 451. The fraction of sp³-hybridized carbons (Fsp3) is 0.273. The maximum absolute atomic E-state index is 13.2. The number of rotatable bonds is 4. The molecule has 0 aliphatic carbocycles. The SMILES string of the molecule is CC(NC(=O)Cc1ccc(F)cc1F)C(N)=S. The van der Waals surface area contributed by atoms with Gasteiger partial charge in [-0.15, -0.1) is 0 Å². The summed E-state index contributed by atoms with van der Waals surface area (Å²) in [6, 6.07) is 2.61. The maximum Gasteiger partial charge on any atom is 0.225 e. The predicted molar refractivity (Wildman–Crippen MR) is 64.5 cm³/mol. The van der Waals surface area contributed by atoms with Crippen LogP contribution in [0.25, 0.3) is 0 Å². The van der Waals surface area contributed by atoms with E-state index in [-0.39, 0.29) is 17.0 Å². The minimum absolute atomic E-state index is 0.124. The predicted octanol–water partition coefficient (Wildman–Crippen LogP) is 1.30. The molecule has 17 heavy (non-hydrogen) atoms. The van der Waals surface area contributed by atoms with Gasteiger partial charge >= 0.3 is 0 Å². The van der Waals surface area contributed by atoms with E-state index in [1.54, 1.807) is 6.92 Å². The number of nitrogens with one attached hydrogen (secondary N) is 1. The number of hydrogen-bond acceptors (Lipinski definition) is 2. The second-order valence-electron chi connectivity index (χ2n) is 3.60. The van der Waals surface area contributed by atoms with Gasteiger partial charge in [0, 0.05) is 6.07 Å². The quantitative estimate of drug-likeness (QED) is 0.800. The van der Waals surface area contributed by atoms with Gasteiger partial charge in [0.25, 0.3) is 0 Å². The van der Waals surface area contributed by atoms with E-state index in [1.807, 2.05) is 0 Å². The molecular weight excluding hydrogens is 246 g/mol. The van der Waals surface area contributed by atoms with E-state index < -0.39 is 23.6 Å². The lowest BCUT2D eigenvalue weighted by atomic mass is 10.1. The lowest BCUT2D eigenvalue weighted by Gasteiger charge is -2.12. The summed E-state index contributed by atoms with van der Waals surface area (Å²) in [5.74, 6) is -1.85. The van der Waals surface area contributed by atoms with Crippen molar-refractivity contribution in [1.82, 2.24) is 5.32 Å². The van der Waals surface area contributed by atoms with Crippen LogP contribution in [0.5, 0.6) is 0 Å². The van der Waals surface area contributed by atoms with Crippen molar-refractivity contribution in [3.05, 3.63) is 35.4 Å². The zero-order valence-electron chi connectivity index (χ0n) is 9.17. The van der Waals surface area contributed by atoms with Gasteiger partial charge in [-0.25, -0.2) is 8.78 Å². The molecule has 0 aliphatic rings. The second-order valence-corrected chi connectivity index (χ2v) is 4.08. The first kappa shape index (κ1) is 13.5. The van der Waals surface area contributed by atoms with Crippen LogP contribution in [0.3, 0.4) is 0 Å². The number of carbonyl (C=O) groups excluding carboxylic acids is 1. The minimum atomic E-state index is -0.747. The molecule has 1 aromatic carbocycles. The van der Waals surface area contributed by atoms with Crippen LogP contribution in [-0.2, 0) is 11.2 Å². The van der Waals surface area contributed by atoms with Crippen LogP contribution in [0.2, 0.25) is 0 Å². The molecule has 1 unspecified atom stereocenters. The van der Waals surface area contributed by atoms with Crippen molar-refractivity contribution >= 4 is 23.1 Å². The van der Waals surface area contributed by atoms with Crippen LogP contribution >= 0.6 is 12.2 Å². The van der Waals surface area contributed by atoms with Gasteiger partial charge in [-0.2, -0.15) is 0 Å². The molecule has 0 fully saturated rings. The van der Waals surface area contributed by atoms with Crippen LogP contribution in [0.15, 0.2) is 18.2 Å². The van der Waals surface area contributed by atoms with Crippen molar-refractivity contribution in [2.75, 3.05) is 0 Å². The third kappa shape index (κ3) is 4.07. The van der Waals surface area contributed by atoms with Gasteiger partial charge in [-0.1, -0.05) is 18.3 Å². The smallest absolute Gasteiger partial charge is 0.225 e. The summed E-state index contributed by atoms with van der Waals surface area (Å²) < 4.78 is 25.9. The lowest BCUT2D eigenvalue weighted by Crippen LogP contribution is -2.41. The van der Waals surface area contributed by atoms with Crippen molar-refractivity contribution in [1.29, 1.82) is 0 Å². The normalized spacial score (nSPS) is 11.9. The molecule has 0 saturated heterocycles. The van der Waals surface area contributed by atoms with Crippen LogP contribution in [0.1, 0.15) is 12.5 Å². The number of hydrogen-bond donors (Lipinski definition) is 2.